The molecule has 1 fully saturated rings. The second-order valence-electron chi connectivity index (χ2n) is 9.48. The quantitative estimate of drug-likeness (QED) is 0.400. The minimum atomic E-state index is -0.547. The molecule has 7 heteroatoms. The van der Waals surface area contributed by atoms with Crippen LogP contribution in [0.25, 0.3) is 5.57 Å². The molecule has 0 aliphatic carbocycles. The smallest absolute Gasteiger partial charge is 0.316 e. The Labute approximate surface area is 199 Å². The number of likely N-dealkylation sites (tertiary alicyclic amines) is 1. The van der Waals surface area contributed by atoms with Crippen LogP contribution in [0.2, 0.25) is 0 Å². The van der Waals surface area contributed by atoms with Gasteiger partial charge in [-0.05, 0) is 69.0 Å². The number of fused-ring (bicyclic) bond motifs is 1. The van der Waals surface area contributed by atoms with Crippen molar-refractivity contribution >= 4 is 23.3 Å². The molecule has 2 aliphatic rings. The Morgan fingerprint density at radius 1 is 1.27 bits per heavy atom. The Balaban J connectivity index is 1.42. The highest BCUT2D eigenvalue weighted by Crippen LogP contribution is 2.39. The molecule has 0 spiro atoms. The number of esters is 1. The standard InChI is InChI=1S/C26H31FN2O3S/c1-26(2,3)25(30)32-19-6-7-22-21(10-14-33-23(22)15-19)18-5-8-24(28-16-18)31-20-9-13-29(17-20)12-4-11-27/h5-8,10,15-16,20H,4,9,11-14,17H2,1-3H3/t20-/m0/s1. The Kier molecular flexibility index (Phi) is 7.39. The number of rotatable bonds is 7. The van der Waals surface area contributed by atoms with Crippen LogP contribution in [0.4, 0.5) is 4.39 Å². The van der Waals surface area contributed by atoms with Crippen molar-refractivity contribution in [3.63, 3.8) is 0 Å². The summed E-state index contributed by atoms with van der Waals surface area (Å²) in [5, 5.41) is 0. The lowest BCUT2D eigenvalue weighted by Crippen LogP contribution is -2.26. The van der Waals surface area contributed by atoms with Crippen molar-refractivity contribution in [1.29, 1.82) is 0 Å². The van der Waals surface area contributed by atoms with Gasteiger partial charge in [-0.15, -0.1) is 11.8 Å². The highest BCUT2D eigenvalue weighted by Gasteiger charge is 2.25. The minimum absolute atomic E-state index is 0.100. The summed E-state index contributed by atoms with van der Waals surface area (Å²) in [5.74, 6) is 1.79. The van der Waals surface area contributed by atoms with Gasteiger partial charge in [0, 0.05) is 48.1 Å². The summed E-state index contributed by atoms with van der Waals surface area (Å²) in [4.78, 5) is 20.1. The van der Waals surface area contributed by atoms with Crippen LogP contribution >= 0.6 is 11.8 Å². The SMILES string of the molecule is CC(C)(C)C(=O)Oc1ccc2c(c1)SCC=C2c1ccc(O[C@H]2CCN(CCCF)C2)nc1. The van der Waals surface area contributed by atoms with Crippen LogP contribution in [0, 0.1) is 5.41 Å². The summed E-state index contributed by atoms with van der Waals surface area (Å²) in [6.45, 7) is 7.81. The first kappa shape index (κ1) is 23.8. The van der Waals surface area contributed by atoms with E-state index in [1.165, 1.54) is 0 Å². The van der Waals surface area contributed by atoms with Crippen molar-refractivity contribution in [1.82, 2.24) is 9.88 Å². The van der Waals surface area contributed by atoms with Crippen molar-refractivity contribution in [2.24, 2.45) is 5.41 Å². The maximum Gasteiger partial charge on any atom is 0.316 e. The third-order valence-corrected chi connectivity index (χ3v) is 6.75. The van der Waals surface area contributed by atoms with Gasteiger partial charge in [0.15, 0.2) is 0 Å². The third-order valence-electron chi connectivity index (χ3n) is 5.76. The zero-order valence-corrected chi connectivity index (χ0v) is 20.3. The zero-order valence-electron chi connectivity index (χ0n) is 19.5. The number of halogens is 1. The average Bonchev–Trinajstić information content (AvgIpc) is 3.24. The molecule has 1 atom stereocenters. The van der Waals surface area contributed by atoms with Crippen LogP contribution in [0.5, 0.6) is 11.6 Å². The molecule has 0 amide bonds. The molecule has 0 radical (unpaired) electrons. The molecule has 1 aromatic heterocycles. The van der Waals surface area contributed by atoms with Crippen LogP contribution in [-0.2, 0) is 4.79 Å². The van der Waals surface area contributed by atoms with Gasteiger partial charge in [-0.2, -0.15) is 0 Å². The molecule has 4 rings (SSSR count). The van der Waals surface area contributed by atoms with Crippen LogP contribution in [0.1, 0.15) is 44.7 Å². The van der Waals surface area contributed by atoms with E-state index in [9.17, 15) is 9.18 Å². The maximum absolute atomic E-state index is 12.4. The predicted molar refractivity (Wildman–Crippen MR) is 130 cm³/mol. The van der Waals surface area contributed by atoms with Crippen LogP contribution in [-0.4, -0.2) is 54.0 Å². The van der Waals surface area contributed by atoms with Crippen LogP contribution in [0.15, 0.2) is 47.5 Å². The van der Waals surface area contributed by atoms with Crippen LogP contribution in [0.3, 0.4) is 0 Å². The lowest BCUT2D eigenvalue weighted by Gasteiger charge is -2.20. The summed E-state index contributed by atoms with van der Waals surface area (Å²) in [6.07, 6.45) is 5.67. The highest BCUT2D eigenvalue weighted by atomic mass is 32.2. The van der Waals surface area contributed by atoms with Crippen molar-refractivity contribution in [3.05, 3.63) is 53.7 Å². The number of benzene rings is 1. The van der Waals surface area contributed by atoms with Crippen molar-refractivity contribution in [3.8, 4) is 11.6 Å². The molecule has 2 aliphatic heterocycles. The first-order chi connectivity index (χ1) is 15.8. The van der Waals surface area contributed by atoms with Gasteiger partial charge in [-0.1, -0.05) is 6.08 Å². The molecule has 0 bridgehead atoms. The lowest BCUT2D eigenvalue weighted by molar-refractivity contribution is -0.143. The third kappa shape index (κ3) is 5.95. The van der Waals surface area contributed by atoms with E-state index in [-0.39, 0.29) is 18.7 Å². The number of hydrogen-bond donors (Lipinski definition) is 0. The minimum Gasteiger partial charge on any atom is -0.473 e. The van der Waals surface area contributed by atoms with E-state index in [4.69, 9.17) is 9.47 Å². The molecule has 1 aromatic carbocycles. The van der Waals surface area contributed by atoms with Crippen molar-refractivity contribution < 1.29 is 18.7 Å². The fourth-order valence-electron chi connectivity index (χ4n) is 3.93. The number of alkyl halides is 1. The Morgan fingerprint density at radius 2 is 2.12 bits per heavy atom. The number of pyridine rings is 1. The van der Waals surface area contributed by atoms with Gasteiger partial charge in [0.05, 0.1) is 12.1 Å². The van der Waals surface area contributed by atoms with Crippen molar-refractivity contribution in [2.45, 2.75) is 44.6 Å². The lowest BCUT2D eigenvalue weighted by atomic mass is 9.97. The number of hydrogen-bond acceptors (Lipinski definition) is 6. The Hall–Kier alpha value is -2.38. The van der Waals surface area contributed by atoms with E-state index in [1.807, 2.05) is 57.3 Å². The van der Waals surface area contributed by atoms with Crippen molar-refractivity contribution in [2.75, 3.05) is 32.1 Å². The molecule has 0 N–H and O–H groups in total. The predicted octanol–water partition coefficient (Wildman–Crippen LogP) is 5.38. The van der Waals surface area contributed by atoms with Gasteiger partial charge in [0.2, 0.25) is 5.88 Å². The zero-order chi connectivity index (χ0) is 23.4. The van der Waals surface area contributed by atoms with Gasteiger partial charge in [0.25, 0.3) is 0 Å². The van der Waals surface area contributed by atoms with E-state index < -0.39 is 5.41 Å². The largest absolute Gasteiger partial charge is 0.473 e. The van der Waals surface area contributed by atoms with Gasteiger partial charge in [-0.3, -0.25) is 14.1 Å². The molecular weight excluding hydrogens is 439 g/mol. The van der Waals surface area contributed by atoms with E-state index in [1.54, 1.807) is 11.8 Å². The second kappa shape index (κ2) is 10.3. The molecule has 5 nitrogen and oxygen atoms in total. The van der Waals surface area contributed by atoms with E-state index in [0.717, 1.165) is 53.4 Å². The van der Waals surface area contributed by atoms with Gasteiger partial charge in [-0.25, -0.2) is 4.98 Å². The number of nitrogens with zero attached hydrogens (tertiary/aromatic N) is 2. The number of thioether (sulfide) groups is 1. The van der Waals surface area contributed by atoms with E-state index >= 15 is 0 Å². The highest BCUT2D eigenvalue weighted by molar-refractivity contribution is 7.99. The number of carbonyl (C=O) groups excluding carboxylic acids is 1. The van der Waals surface area contributed by atoms with Gasteiger partial charge in [0.1, 0.15) is 11.9 Å². The molecular formula is C26H31FN2O3S. The fourth-order valence-corrected chi connectivity index (χ4v) is 4.89. The molecule has 33 heavy (non-hydrogen) atoms. The average molecular weight is 471 g/mol. The number of carbonyl (C=O) groups is 1. The molecule has 2 aromatic rings. The first-order valence-corrected chi connectivity index (χ1v) is 12.4. The molecule has 0 unspecified atom stereocenters. The maximum atomic E-state index is 12.4. The van der Waals surface area contributed by atoms with Gasteiger partial charge >= 0.3 is 5.97 Å². The number of aromatic nitrogens is 1. The molecule has 176 valence electrons. The fraction of sp³-hybridized carbons (Fsp3) is 0.462. The molecule has 0 saturated carbocycles. The summed E-state index contributed by atoms with van der Waals surface area (Å²) < 4.78 is 24.0. The summed E-state index contributed by atoms with van der Waals surface area (Å²) in [5.41, 5.74) is 2.71. The first-order valence-electron chi connectivity index (χ1n) is 11.4. The van der Waals surface area contributed by atoms with Gasteiger partial charge < -0.3 is 9.47 Å². The normalized spacial score (nSPS) is 18.5. The Bertz CT molecular complexity index is 1020. The summed E-state index contributed by atoms with van der Waals surface area (Å²) in [6, 6.07) is 9.75. The van der Waals surface area contributed by atoms with E-state index in [2.05, 4.69) is 16.0 Å². The van der Waals surface area contributed by atoms with E-state index in [0.29, 0.717) is 18.1 Å². The monoisotopic (exact) mass is 470 g/mol. The number of ether oxygens (including phenoxy) is 2. The molecule has 3 heterocycles. The Morgan fingerprint density at radius 3 is 2.85 bits per heavy atom. The molecule has 1 saturated heterocycles. The summed E-state index contributed by atoms with van der Waals surface area (Å²) >= 11 is 1.73. The topological polar surface area (TPSA) is 51.7 Å². The summed E-state index contributed by atoms with van der Waals surface area (Å²) in [7, 11) is 0. The van der Waals surface area contributed by atoms with Crippen LogP contribution < -0.4 is 9.47 Å². The second-order valence-corrected chi connectivity index (χ2v) is 10.5.